The summed E-state index contributed by atoms with van der Waals surface area (Å²) in [6, 6.07) is 18.4. The van der Waals surface area contributed by atoms with E-state index in [-0.39, 0.29) is 0 Å². The number of nitriles is 1. The Morgan fingerprint density at radius 2 is 1.77 bits per heavy atom. The summed E-state index contributed by atoms with van der Waals surface area (Å²) in [6.45, 7) is 4.99. The molecule has 26 heavy (non-hydrogen) atoms. The lowest BCUT2D eigenvalue weighted by Gasteiger charge is -2.36. The van der Waals surface area contributed by atoms with E-state index in [1.54, 1.807) is 0 Å². The lowest BCUT2D eigenvalue weighted by Crippen LogP contribution is -2.46. The first-order valence-corrected chi connectivity index (χ1v) is 9.53. The molecule has 0 amide bonds. The first-order chi connectivity index (χ1) is 12.7. The molecule has 2 aromatic carbocycles. The summed E-state index contributed by atoms with van der Waals surface area (Å²) in [4.78, 5) is 9.40. The van der Waals surface area contributed by atoms with Crippen LogP contribution < -0.4 is 4.90 Å². The number of nitrogens with zero attached hydrogens (tertiary/aromatic N) is 4. The Labute approximate surface area is 161 Å². The summed E-state index contributed by atoms with van der Waals surface area (Å²) in [7, 11) is 0. The Balaban J connectivity index is 1.45. The number of piperazine rings is 1. The van der Waals surface area contributed by atoms with Crippen molar-refractivity contribution in [1.82, 2.24) is 9.88 Å². The van der Waals surface area contributed by atoms with Crippen molar-refractivity contribution < 1.29 is 0 Å². The number of anilines is 1. The molecule has 5 heteroatoms. The van der Waals surface area contributed by atoms with E-state index in [0.717, 1.165) is 42.7 Å². The summed E-state index contributed by atoms with van der Waals surface area (Å²) >= 11 is 3.57. The smallest absolute Gasteiger partial charge is 0.0991 e. The monoisotopic (exact) mass is 406 g/mol. The van der Waals surface area contributed by atoms with E-state index < -0.39 is 0 Å². The molecule has 1 saturated heterocycles. The predicted molar refractivity (Wildman–Crippen MR) is 108 cm³/mol. The molecule has 0 radical (unpaired) electrons. The summed E-state index contributed by atoms with van der Waals surface area (Å²) in [6.07, 6.45) is 1.90. The summed E-state index contributed by atoms with van der Waals surface area (Å²) < 4.78 is 1.08. The number of hydrogen-bond acceptors (Lipinski definition) is 4. The molecule has 1 aromatic heterocycles. The quantitative estimate of drug-likeness (QED) is 0.653. The number of rotatable bonds is 3. The van der Waals surface area contributed by atoms with E-state index in [4.69, 9.17) is 5.26 Å². The van der Waals surface area contributed by atoms with Crippen molar-refractivity contribution in [3.05, 3.63) is 70.3 Å². The van der Waals surface area contributed by atoms with E-state index in [1.807, 2.05) is 24.4 Å². The Bertz CT molecular complexity index is 954. The fourth-order valence-corrected chi connectivity index (χ4v) is 3.83. The summed E-state index contributed by atoms with van der Waals surface area (Å²) in [5, 5.41) is 10.1. The van der Waals surface area contributed by atoms with E-state index in [2.05, 4.69) is 67.1 Å². The van der Waals surface area contributed by atoms with Gasteiger partial charge in [-0.05, 0) is 42.0 Å². The molecule has 0 bridgehead atoms. The number of halogens is 1. The molecule has 0 spiro atoms. The third-order valence-electron chi connectivity index (χ3n) is 4.88. The maximum atomic E-state index is 8.91. The van der Waals surface area contributed by atoms with E-state index in [1.165, 1.54) is 16.6 Å². The molecule has 0 atom stereocenters. The van der Waals surface area contributed by atoms with Crippen LogP contribution in [0, 0.1) is 11.3 Å². The van der Waals surface area contributed by atoms with Gasteiger partial charge in [-0.3, -0.25) is 9.88 Å². The van der Waals surface area contributed by atoms with Crippen LogP contribution in [0.15, 0.2) is 59.2 Å². The van der Waals surface area contributed by atoms with Crippen molar-refractivity contribution in [2.45, 2.75) is 6.54 Å². The van der Waals surface area contributed by atoms with Crippen molar-refractivity contribution in [1.29, 1.82) is 5.26 Å². The lowest BCUT2D eigenvalue weighted by molar-refractivity contribution is 0.250. The van der Waals surface area contributed by atoms with Crippen molar-refractivity contribution in [2.75, 3.05) is 31.1 Å². The molecule has 2 heterocycles. The van der Waals surface area contributed by atoms with Crippen LogP contribution in [0.5, 0.6) is 0 Å². The summed E-state index contributed by atoms with van der Waals surface area (Å²) in [5.41, 5.74) is 4.27. The maximum Gasteiger partial charge on any atom is 0.0991 e. The van der Waals surface area contributed by atoms with Gasteiger partial charge in [-0.1, -0.05) is 28.1 Å². The van der Waals surface area contributed by atoms with Crippen LogP contribution in [0.3, 0.4) is 0 Å². The van der Waals surface area contributed by atoms with Gasteiger partial charge in [0.25, 0.3) is 0 Å². The van der Waals surface area contributed by atoms with Gasteiger partial charge >= 0.3 is 0 Å². The fourth-order valence-electron chi connectivity index (χ4n) is 3.47. The number of hydrogen-bond donors (Lipinski definition) is 0. The second-order valence-corrected chi connectivity index (χ2v) is 7.48. The highest BCUT2D eigenvalue weighted by Crippen LogP contribution is 2.28. The zero-order valence-electron chi connectivity index (χ0n) is 14.4. The SMILES string of the molecule is N#Cc1ccc(CN2CCN(c3ccnc4ccc(Br)cc34)CC2)cc1. The van der Waals surface area contributed by atoms with Gasteiger partial charge in [-0.15, -0.1) is 0 Å². The van der Waals surface area contributed by atoms with Gasteiger partial charge in [-0.25, -0.2) is 0 Å². The van der Waals surface area contributed by atoms with Gasteiger partial charge in [0.15, 0.2) is 0 Å². The molecule has 0 N–H and O–H groups in total. The fraction of sp³-hybridized carbons (Fsp3) is 0.238. The molecule has 130 valence electrons. The van der Waals surface area contributed by atoms with Gasteiger partial charge < -0.3 is 4.90 Å². The minimum atomic E-state index is 0.717. The molecule has 4 nitrogen and oxygen atoms in total. The molecule has 0 aliphatic carbocycles. The zero-order valence-corrected chi connectivity index (χ0v) is 16.0. The van der Waals surface area contributed by atoms with Crippen LogP contribution in [-0.4, -0.2) is 36.1 Å². The highest BCUT2D eigenvalue weighted by molar-refractivity contribution is 9.10. The number of benzene rings is 2. The van der Waals surface area contributed by atoms with Crippen LogP contribution in [0.1, 0.15) is 11.1 Å². The average molecular weight is 407 g/mol. The highest BCUT2D eigenvalue weighted by atomic mass is 79.9. The molecule has 1 aliphatic heterocycles. The average Bonchev–Trinajstić information content (AvgIpc) is 2.69. The molecule has 4 rings (SSSR count). The van der Waals surface area contributed by atoms with Gasteiger partial charge in [-0.2, -0.15) is 5.26 Å². The van der Waals surface area contributed by atoms with E-state index >= 15 is 0 Å². The Morgan fingerprint density at radius 3 is 2.50 bits per heavy atom. The third-order valence-corrected chi connectivity index (χ3v) is 5.38. The largest absolute Gasteiger partial charge is 0.368 e. The van der Waals surface area contributed by atoms with Crippen molar-refractivity contribution in [3.8, 4) is 6.07 Å². The Morgan fingerprint density at radius 1 is 1.00 bits per heavy atom. The molecule has 3 aromatic rings. The normalized spacial score (nSPS) is 15.2. The maximum absolute atomic E-state index is 8.91. The van der Waals surface area contributed by atoms with Crippen molar-refractivity contribution >= 4 is 32.5 Å². The van der Waals surface area contributed by atoms with Gasteiger partial charge in [0.2, 0.25) is 0 Å². The van der Waals surface area contributed by atoms with Crippen molar-refractivity contribution in [3.63, 3.8) is 0 Å². The van der Waals surface area contributed by atoms with Gasteiger partial charge in [0.05, 0.1) is 17.1 Å². The molecule has 1 fully saturated rings. The van der Waals surface area contributed by atoms with Crippen LogP contribution in [0.2, 0.25) is 0 Å². The number of fused-ring (bicyclic) bond motifs is 1. The second-order valence-electron chi connectivity index (χ2n) is 6.56. The van der Waals surface area contributed by atoms with Crippen LogP contribution in [0.4, 0.5) is 5.69 Å². The van der Waals surface area contributed by atoms with Crippen LogP contribution >= 0.6 is 15.9 Å². The van der Waals surface area contributed by atoms with E-state index in [0.29, 0.717) is 5.56 Å². The molecule has 1 aliphatic rings. The Kier molecular flexibility index (Phi) is 4.87. The number of aromatic nitrogens is 1. The van der Waals surface area contributed by atoms with Crippen LogP contribution in [-0.2, 0) is 6.54 Å². The standard InChI is InChI=1S/C21H19BrN4/c22-18-5-6-20-19(13-18)21(7-8-24-20)26-11-9-25(10-12-26)15-17-3-1-16(14-23)2-4-17/h1-8,13H,9-12,15H2. The minimum Gasteiger partial charge on any atom is -0.368 e. The second kappa shape index (κ2) is 7.45. The van der Waals surface area contributed by atoms with E-state index in [9.17, 15) is 0 Å². The first kappa shape index (κ1) is 17.0. The third kappa shape index (κ3) is 3.57. The predicted octanol–water partition coefficient (Wildman–Crippen LogP) is 4.19. The zero-order chi connectivity index (χ0) is 17.9. The van der Waals surface area contributed by atoms with Crippen LogP contribution in [0.25, 0.3) is 10.9 Å². The summed E-state index contributed by atoms with van der Waals surface area (Å²) in [5.74, 6) is 0. The lowest BCUT2D eigenvalue weighted by atomic mass is 10.1. The molecular formula is C21H19BrN4. The number of pyridine rings is 1. The molecule has 0 unspecified atom stereocenters. The first-order valence-electron chi connectivity index (χ1n) is 8.73. The molecular weight excluding hydrogens is 388 g/mol. The van der Waals surface area contributed by atoms with Crippen molar-refractivity contribution in [2.24, 2.45) is 0 Å². The Hall–Kier alpha value is -2.42. The molecule has 0 saturated carbocycles. The minimum absolute atomic E-state index is 0.717. The highest BCUT2D eigenvalue weighted by Gasteiger charge is 2.19. The van der Waals surface area contributed by atoms with Gasteiger partial charge in [0, 0.05) is 54.5 Å². The van der Waals surface area contributed by atoms with Gasteiger partial charge in [0.1, 0.15) is 0 Å². The topological polar surface area (TPSA) is 43.2 Å².